The van der Waals surface area contributed by atoms with E-state index in [0.29, 0.717) is 24.2 Å². The van der Waals surface area contributed by atoms with Gasteiger partial charge in [0.15, 0.2) is 0 Å². The molecule has 1 fully saturated rings. The zero-order valence-corrected chi connectivity index (χ0v) is 12.9. The van der Waals surface area contributed by atoms with Crippen LogP contribution < -0.4 is 5.73 Å². The van der Waals surface area contributed by atoms with Crippen molar-refractivity contribution in [1.82, 2.24) is 0 Å². The number of ketones is 1. The predicted molar refractivity (Wildman–Crippen MR) is 86.2 cm³/mol. The highest BCUT2D eigenvalue weighted by Crippen LogP contribution is 2.37. The van der Waals surface area contributed by atoms with Crippen LogP contribution in [0.5, 0.6) is 0 Å². The van der Waals surface area contributed by atoms with Gasteiger partial charge in [-0.25, -0.2) is 0 Å². The number of hydrogen-bond donors (Lipinski definition) is 1. The van der Waals surface area contributed by atoms with Gasteiger partial charge in [0.2, 0.25) is 0 Å². The molecule has 1 aromatic carbocycles. The summed E-state index contributed by atoms with van der Waals surface area (Å²) in [6.45, 7) is 0.678. The third-order valence-electron chi connectivity index (χ3n) is 5.57. The summed E-state index contributed by atoms with van der Waals surface area (Å²) in [7, 11) is 0. The van der Waals surface area contributed by atoms with E-state index in [4.69, 9.17) is 5.73 Å². The second-order valence-corrected chi connectivity index (χ2v) is 6.85. The Morgan fingerprint density at radius 3 is 2.76 bits per heavy atom. The largest absolute Gasteiger partial charge is 0.330 e. The summed E-state index contributed by atoms with van der Waals surface area (Å²) in [5, 5.41) is 0. The first-order valence-electron chi connectivity index (χ1n) is 8.60. The fourth-order valence-corrected chi connectivity index (χ4v) is 4.37. The number of carbonyl (C=O) groups excluding carboxylic acids is 1. The van der Waals surface area contributed by atoms with Crippen LogP contribution in [0, 0.1) is 11.8 Å². The zero-order valence-electron chi connectivity index (χ0n) is 12.9. The summed E-state index contributed by atoms with van der Waals surface area (Å²) >= 11 is 0. The van der Waals surface area contributed by atoms with Crippen LogP contribution in [0.3, 0.4) is 0 Å². The van der Waals surface area contributed by atoms with E-state index in [1.54, 1.807) is 0 Å². The maximum atomic E-state index is 12.8. The van der Waals surface area contributed by atoms with Gasteiger partial charge in [0.1, 0.15) is 5.78 Å². The minimum atomic E-state index is 0.234. The number of aryl methyl sites for hydroxylation is 1. The van der Waals surface area contributed by atoms with Gasteiger partial charge in [0.25, 0.3) is 0 Å². The van der Waals surface area contributed by atoms with Crippen LogP contribution in [-0.4, -0.2) is 12.3 Å². The first-order chi connectivity index (χ1) is 10.3. The van der Waals surface area contributed by atoms with Gasteiger partial charge >= 0.3 is 0 Å². The molecule has 0 radical (unpaired) electrons. The molecule has 3 rings (SSSR count). The standard InChI is InChI=1S/C19H27NO/c20-13-16-7-2-4-11-18(16)19(21)12-15-9-5-8-14-6-1-3-10-17(14)15/h1,3,6,10,15-16,18H,2,4-5,7-9,11-13,20H2. The highest BCUT2D eigenvalue weighted by atomic mass is 16.1. The molecule has 2 heteroatoms. The molecule has 1 saturated carbocycles. The number of carbonyl (C=O) groups is 1. The lowest BCUT2D eigenvalue weighted by atomic mass is 9.73. The Morgan fingerprint density at radius 2 is 1.90 bits per heavy atom. The molecule has 2 nitrogen and oxygen atoms in total. The summed E-state index contributed by atoms with van der Waals surface area (Å²) < 4.78 is 0. The molecular formula is C19H27NO. The molecule has 0 bridgehead atoms. The Balaban J connectivity index is 1.70. The third kappa shape index (κ3) is 3.21. The number of fused-ring (bicyclic) bond motifs is 1. The van der Waals surface area contributed by atoms with E-state index in [1.165, 1.54) is 43.2 Å². The van der Waals surface area contributed by atoms with E-state index >= 15 is 0 Å². The molecule has 0 heterocycles. The minimum absolute atomic E-state index is 0.234. The smallest absolute Gasteiger partial charge is 0.136 e. The number of rotatable bonds is 4. The molecule has 3 unspecified atom stereocenters. The Morgan fingerprint density at radius 1 is 1.10 bits per heavy atom. The number of benzene rings is 1. The predicted octanol–water partition coefficient (Wildman–Crippen LogP) is 3.83. The Kier molecular flexibility index (Phi) is 4.74. The maximum Gasteiger partial charge on any atom is 0.136 e. The molecule has 0 saturated heterocycles. The number of hydrogen-bond acceptors (Lipinski definition) is 2. The van der Waals surface area contributed by atoms with Crippen LogP contribution in [0.25, 0.3) is 0 Å². The highest BCUT2D eigenvalue weighted by molar-refractivity contribution is 5.82. The van der Waals surface area contributed by atoms with Gasteiger partial charge in [0.05, 0.1) is 0 Å². The lowest BCUT2D eigenvalue weighted by Crippen LogP contribution is -2.33. The molecule has 2 aliphatic rings. The van der Waals surface area contributed by atoms with Crippen LogP contribution in [0.1, 0.15) is 62.0 Å². The second-order valence-electron chi connectivity index (χ2n) is 6.85. The number of nitrogens with two attached hydrogens (primary N) is 1. The molecular weight excluding hydrogens is 258 g/mol. The van der Waals surface area contributed by atoms with Crippen molar-refractivity contribution in [3.8, 4) is 0 Å². The van der Waals surface area contributed by atoms with Gasteiger partial charge < -0.3 is 5.73 Å². The molecule has 0 amide bonds. The average molecular weight is 285 g/mol. The van der Waals surface area contributed by atoms with Gasteiger partial charge in [-0.05, 0) is 61.6 Å². The summed E-state index contributed by atoms with van der Waals surface area (Å²) in [6.07, 6.45) is 8.96. The lowest BCUT2D eigenvalue weighted by molar-refractivity contribution is -0.125. The van der Waals surface area contributed by atoms with Crippen molar-refractivity contribution in [2.75, 3.05) is 6.54 Å². The van der Waals surface area contributed by atoms with Gasteiger partial charge in [-0.3, -0.25) is 4.79 Å². The molecule has 0 spiro atoms. The molecule has 1 aromatic rings. The third-order valence-corrected chi connectivity index (χ3v) is 5.57. The summed E-state index contributed by atoms with van der Waals surface area (Å²) in [6, 6.07) is 8.70. The van der Waals surface area contributed by atoms with Crippen LogP contribution >= 0.6 is 0 Å². The van der Waals surface area contributed by atoms with Crippen LogP contribution in [0.2, 0.25) is 0 Å². The average Bonchev–Trinajstić information content (AvgIpc) is 2.55. The Labute approximate surface area is 128 Å². The van der Waals surface area contributed by atoms with Crippen molar-refractivity contribution in [3.05, 3.63) is 35.4 Å². The van der Waals surface area contributed by atoms with Crippen molar-refractivity contribution < 1.29 is 4.79 Å². The van der Waals surface area contributed by atoms with Crippen LogP contribution in [-0.2, 0) is 11.2 Å². The molecule has 3 atom stereocenters. The van der Waals surface area contributed by atoms with Crippen molar-refractivity contribution in [2.24, 2.45) is 17.6 Å². The van der Waals surface area contributed by atoms with Crippen molar-refractivity contribution >= 4 is 5.78 Å². The Hall–Kier alpha value is -1.15. The quantitative estimate of drug-likeness (QED) is 0.913. The molecule has 21 heavy (non-hydrogen) atoms. The lowest BCUT2D eigenvalue weighted by Gasteiger charge is -2.32. The normalized spacial score (nSPS) is 28.9. The Bertz CT molecular complexity index is 496. The van der Waals surface area contributed by atoms with E-state index in [-0.39, 0.29) is 5.92 Å². The minimum Gasteiger partial charge on any atom is -0.330 e. The summed E-state index contributed by atoms with van der Waals surface area (Å²) in [5.74, 6) is 1.59. The van der Waals surface area contributed by atoms with Crippen molar-refractivity contribution in [3.63, 3.8) is 0 Å². The fourth-order valence-electron chi connectivity index (χ4n) is 4.37. The monoisotopic (exact) mass is 285 g/mol. The zero-order chi connectivity index (χ0) is 14.7. The molecule has 114 valence electrons. The second kappa shape index (κ2) is 6.74. The van der Waals surface area contributed by atoms with Gasteiger partial charge in [-0.2, -0.15) is 0 Å². The molecule has 2 aliphatic carbocycles. The van der Waals surface area contributed by atoms with Crippen molar-refractivity contribution in [1.29, 1.82) is 0 Å². The topological polar surface area (TPSA) is 43.1 Å². The summed E-state index contributed by atoms with van der Waals surface area (Å²) in [5.41, 5.74) is 8.78. The van der Waals surface area contributed by atoms with E-state index < -0.39 is 0 Å². The number of Topliss-reactive ketones (excluding diaryl/α,β-unsaturated/α-hetero) is 1. The van der Waals surface area contributed by atoms with Crippen LogP contribution in [0.15, 0.2) is 24.3 Å². The van der Waals surface area contributed by atoms with Gasteiger partial charge in [-0.1, -0.05) is 37.1 Å². The first-order valence-corrected chi connectivity index (χ1v) is 8.60. The first kappa shape index (κ1) is 14.8. The highest BCUT2D eigenvalue weighted by Gasteiger charge is 2.32. The SMILES string of the molecule is NCC1CCCCC1C(=O)CC1CCCc2ccccc21. The van der Waals surface area contributed by atoms with Crippen LogP contribution in [0.4, 0.5) is 0 Å². The van der Waals surface area contributed by atoms with E-state index in [2.05, 4.69) is 24.3 Å². The fraction of sp³-hybridized carbons (Fsp3) is 0.632. The summed E-state index contributed by atoms with van der Waals surface area (Å²) in [4.78, 5) is 12.8. The van der Waals surface area contributed by atoms with E-state index in [9.17, 15) is 4.79 Å². The molecule has 2 N–H and O–H groups in total. The van der Waals surface area contributed by atoms with Crippen molar-refractivity contribution in [2.45, 2.75) is 57.3 Å². The molecule has 0 aromatic heterocycles. The van der Waals surface area contributed by atoms with Gasteiger partial charge in [-0.15, -0.1) is 0 Å². The molecule has 0 aliphatic heterocycles. The van der Waals surface area contributed by atoms with Gasteiger partial charge in [0, 0.05) is 12.3 Å². The van der Waals surface area contributed by atoms with E-state index in [1.807, 2.05) is 0 Å². The van der Waals surface area contributed by atoms with E-state index in [0.717, 1.165) is 19.3 Å². The maximum absolute atomic E-state index is 12.8.